The maximum atomic E-state index is 12.8. The van der Waals surface area contributed by atoms with E-state index in [0.29, 0.717) is 17.1 Å². The van der Waals surface area contributed by atoms with Crippen LogP contribution in [0.25, 0.3) is 0 Å². The molecule has 0 radical (unpaired) electrons. The van der Waals surface area contributed by atoms with Crippen molar-refractivity contribution < 1.29 is 17.9 Å². The van der Waals surface area contributed by atoms with E-state index >= 15 is 0 Å². The first-order valence-electron chi connectivity index (χ1n) is 8.48. The molecule has 1 heterocycles. The van der Waals surface area contributed by atoms with Gasteiger partial charge in [-0.15, -0.1) is 11.8 Å². The first kappa shape index (κ1) is 19.6. The van der Waals surface area contributed by atoms with Gasteiger partial charge >= 0.3 is 0 Å². The average molecular weight is 407 g/mol. The van der Waals surface area contributed by atoms with Crippen LogP contribution in [0.3, 0.4) is 0 Å². The number of benzene rings is 2. The van der Waals surface area contributed by atoms with Crippen LogP contribution >= 0.6 is 11.8 Å². The van der Waals surface area contributed by atoms with Gasteiger partial charge in [-0.25, -0.2) is 8.42 Å². The molecule has 27 heavy (non-hydrogen) atoms. The zero-order valence-electron chi connectivity index (χ0n) is 15.4. The topological polar surface area (TPSA) is 75.7 Å². The lowest BCUT2D eigenvalue weighted by atomic mass is 10.2. The van der Waals surface area contributed by atoms with Crippen LogP contribution in [0.1, 0.15) is 12.0 Å². The molecule has 0 spiro atoms. The van der Waals surface area contributed by atoms with E-state index in [1.165, 1.54) is 16.1 Å². The fourth-order valence-corrected chi connectivity index (χ4v) is 4.47. The molecule has 3 rings (SSSR count). The number of sulfonamides is 1. The lowest BCUT2D eigenvalue weighted by Crippen LogP contribution is -2.36. The third kappa shape index (κ3) is 4.39. The second-order valence-corrected chi connectivity index (χ2v) is 9.15. The third-order valence-corrected chi connectivity index (χ3v) is 6.28. The molecule has 1 aliphatic heterocycles. The first-order chi connectivity index (χ1) is 12.8. The van der Waals surface area contributed by atoms with E-state index in [-0.39, 0.29) is 18.9 Å². The van der Waals surface area contributed by atoms with Crippen molar-refractivity contribution in [3.8, 4) is 5.75 Å². The number of fused-ring (bicyclic) bond motifs is 1. The van der Waals surface area contributed by atoms with Crippen LogP contribution < -0.4 is 14.4 Å². The number of rotatable bonds is 4. The third-order valence-electron chi connectivity index (χ3n) is 4.30. The van der Waals surface area contributed by atoms with Gasteiger partial charge in [0.1, 0.15) is 5.75 Å². The lowest BCUT2D eigenvalue weighted by Gasteiger charge is -2.21. The van der Waals surface area contributed by atoms with E-state index < -0.39 is 16.1 Å². The molecule has 0 saturated heterocycles. The van der Waals surface area contributed by atoms with Crippen molar-refractivity contribution in [1.29, 1.82) is 0 Å². The minimum Gasteiger partial charge on any atom is -0.478 e. The quantitative estimate of drug-likeness (QED) is 0.789. The molecule has 144 valence electrons. The Balaban J connectivity index is 1.89. The van der Waals surface area contributed by atoms with Gasteiger partial charge in [0, 0.05) is 17.9 Å². The summed E-state index contributed by atoms with van der Waals surface area (Å²) in [5, 5.41) is 2.90. The van der Waals surface area contributed by atoms with Crippen LogP contribution in [0.4, 0.5) is 11.4 Å². The molecule has 1 atom stereocenters. The zero-order valence-corrected chi connectivity index (χ0v) is 17.1. The average Bonchev–Trinajstić information content (AvgIpc) is 2.81. The van der Waals surface area contributed by atoms with Gasteiger partial charge in [0.05, 0.1) is 17.6 Å². The van der Waals surface area contributed by atoms with Crippen molar-refractivity contribution in [2.45, 2.75) is 24.3 Å². The predicted molar refractivity (Wildman–Crippen MR) is 109 cm³/mol. The predicted octanol–water partition coefficient (Wildman–Crippen LogP) is 3.27. The van der Waals surface area contributed by atoms with E-state index in [9.17, 15) is 13.2 Å². The molecule has 0 fully saturated rings. The summed E-state index contributed by atoms with van der Waals surface area (Å²) < 4.78 is 31.7. The summed E-state index contributed by atoms with van der Waals surface area (Å²) >= 11 is 1.54. The van der Waals surface area contributed by atoms with Crippen molar-refractivity contribution >= 4 is 39.1 Å². The van der Waals surface area contributed by atoms with Crippen LogP contribution in [0, 0.1) is 6.92 Å². The van der Waals surface area contributed by atoms with Gasteiger partial charge in [-0.3, -0.25) is 9.10 Å². The van der Waals surface area contributed by atoms with E-state index in [4.69, 9.17) is 4.74 Å². The largest absolute Gasteiger partial charge is 0.478 e. The molecule has 1 N–H and O–H groups in total. The number of para-hydroxylation sites is 1. The summed E-state index contributed by atoms with van der Waals surface area (Å²) in [6.45, 7) is 2.06. The summed E-state index contributed by atoms with van der Waals surface area (Å²) in [5.41, 5.74) is 2.10. The monoisotopic (exact) mass is 406 g/mol. The second kappa shape index (κ2) is 7.82. The summed E-state index contributed by atoms with van der Waals surface area (Å²) in [5.74, 6) is 0.0974. The number of nitrogens with zero attached hydrogens (tertiary/aromatic N) is 1. The number of hydrogen-bond acceptors (Lipinski definition) is 5. The van der Waals surface area contributed by atoms with Gasteiger partial charge < -0.3 is 10.1 Å². The summed E-state index contributed by atoms with van der Waals surface area (Å²) in [6, 6.07) is 12.8. The zero-order chi connectivity index (χ0) is 19.6. The van der Waals surface area contributed by atoms with Crippen molar-refractivity contribution in [2.75, 3.05) is 28.7 Å². The van der Waals surface area contributed by atoms with Gasteiger partial charge in [0.2, 0.25) is 10.0 Å². The highest BCUT2D eigenvalue weighted by Gasteiger charge is 2.31. The molecule has 2 aromatic rings. The Hall–Kier alpha value is -2.19. The number of ether oxygens (including phenoxy) is 1. The van der Waals surface area contributed by atoms with Gasteiger partial charge in [-0.1, -0.05) is 18.2 Å². The first-order valence-corrected chi connectivity index (χ1v) is 11.6. The maximum absolute atomic E-state index is 12.8. The molecular weight excluding hydrogens is 384 g/mol. The number of hydrogen-bond donors (Lipinski definition) is 1. The Bertz CT molecular complexity index is 960. The molecule has 6 nitrogen and oxygen atoms in total. The van der Waals surface area contributed by atoms with Gasteiger partial charge in [0.15, 0.2) is 6.10 Å². The van der Waals surface area contributed by atoms with Crippen molar-refractivity contribution in [3.05, 3.63) is 48.0 Å². The molecule has 0 bridgehead atoms. The number of aryl methyl sites for hydroxylation is 1. The Labute approximate surface area is 164 Å². The summed E-state index contributed by atoms with van der Waals surface area (Å²) in [4.78, 5) is 13.8. The van der Waals surface area contributed by atoms with E-state index in [0.717, 1.165) is 16.7 Å². The molecule has 0 aliphatic carbocycles. The number of anilines is 2. The fourth-order valence-electron chi connectivity index (χ4n) is 2.98. The Morgan fingerprint density at radius 3 is 2.70 bits per heavy atom. The summed E-state index contributed by atoms with van der Waals surface area (Å²) in [6.07, 6.45) is 2.57. The normalized spacial score (nSPS) is 16.9. The Kier molecular flexibility index (Phi) is 5.67. The minimum absolute atomic E-state index is 0.178. The number of thioether (sulfide) groups is 1. The standard InChI is InChI=1S/C19H22N2O4S2/c1-13-8-9-16-15(12-13)21(27(3,23)24)11-10-17(25-16)19(22)20-14-6-4-5-7-18(14)26-2/h4-9,12,17H,10-11H2,1-3H3,(H,20,22)/t17-/m0/s1. The molecule has 0 unspecified atom stereocenters. The van der Waals surface area contributed by atoms with Crippen LogP contribution in [-0.2, 0) is 14.8 Å². The van der Waals surface area contributed by atoms with Crippen LogP contribution in [-0.4, -0.2) is 39.5 Å². The highest BCUT2D eigenvalue weighted by Crippen LogP contribution is 2.35. The molecule has 1 amide bonds. The minimum atomic E-state index is -3.48. The molecule has 0 aromatic heterocycles. The number of carbonyl (C=O) groups is 1. The van der Waals surface area contributed by atoms with Crippen LogP contribution in [0.15, 0.2) is 47.4 Å². The Morgan fingerprint density at radius 2 is 2.00 bits per heavy atom. The molecule has 1 aliphatic rings. The van der Waals surface area contributed by atoms with Gasteiger partial charge in [0.25, 0.3) is 5.91 Å². The molecule has 8 heteroatoms. The highest BCUT2D eigenvalue weighted by molar-refractivity contribution is 7.98. The van der Waals surface area contributed by atoms with E-state index in [1.54, 1.807) is 12.1 Å². The number of amides is 1. The van der Waals surface area contributed by atoms with Crippen molar-refractivity contribution in [2.24, 2.45) is 0 Å². The smallest absolute Gasteiger partial charge is 0.265 e. The number of carbonyl (C=O) groups excluding carboxylic acids is 1. The molecule has 2 aromatic carbocycles. The second-order valence-electron chi connectivity index (χ2n) is 6.39. The molecule has 0 saturated carbocycles. The Morgan fingerprint density at radius 1 is 1.26 bits per heavy atom. The van der Waals surface area contributed by atoms with Crippen molar-refractivity contribution in [1.82, 2.24) is 0 Å². The van der Waals surface area contributed by atoms with Gasteiger partial charge in [-0.05, 0) is 43.0 Å². The summed E-state index contributed by atoms with van der Waals surface area (Å²) in [7, 11) is -3.48. The van der Waals surface area contributed by atoms with Crippen molar-refractivity contribution in [3.63, 3.8) is 0 Å². The fraction of sp³-hybridized carbons (Fsp3) is 0.316. The molecular formula is C19H22N2O4S2. The van der Waals surface area contributed by atoms with E-state index in [2.05, 4.69) is 5.32 Å². The van der Waals surface area contributed by atoms with E-state index in [1.807, 2.05) is 43.5 Å². The highest BCUT2D eigenvalue weighted by atomic mass is 32.2. The lowest BCUT2D eigenvalue weighted by molar-refractivity contribution is -0.122. The van der Waals surface area contributed by atoms with Crippen LogP contribution in [0.5, 0.6) is 5.75 Å². The van der Waals surface area contributed by atoms with Gasteiger partial charge in [-0.2, -0.15) is 0 Å². The SMILES string of the molecule is CSc1ccccc1NC(=O)[C@@H]1CCN(S(C)(=O)=O)c2cc(C)ccc2O1. The van der Waals surface area contributed by atoms with Crippen LogP contribution in [0.2, 0.25) is 0 Å². The maximum Gasteiger partial charge on any atom is 0.265 e. The number of nitrogens with one attached hydrogen (secondary N) is 1.